The van der Waals surface area contributed by atoms with E-state index in [1.165, 1.54) is 22.0 Å². The minimum absolute atomic E-state index is 0.659. The highest BCUT2D eigenvalue weighted by molar-refractivity contribution is 6.31. The molecule has 0 atom stereocenters. The summed E-state index contributed by atoms with van der Waals surface area (Å²) in [7, 11) is 0. The molecule has 0 fully saturated rings. The Morgan fingerprint density at radius 1 is 1.10 bits per heavy atom. The van der Waals surface area contributed by atoms with Gasteiger partial charge in [-0.2, -0.15) is 0 Å². The number of benzene rings is 1. The number of pyridine rings is 1. The molecule has 0 radical (unpaired) electrons. The molecule has 21 heavy (non-hydrogen) atoms. The van der Waals surface area contributed by atoms with Gasteiger partial charge < -0.3 is 10.3 Å². The van der Waals surface area contributed by atoms with E-state index in [0.717, 1.165) is 24.4 Å². The lowest BCUT2D eigenvalue weighted by Crippen LogP contribution is -2.02. The van der Waals surface area contributed by atoms with Crippen molar-refractivity contribution in [3.63, 3.8) is 0 Å². The fraction of sp³-hybridized carbons (Fsp3) is 0.235. The standard InChI is InChI=1S/C17H18ClN3/c18-15-1-2-16-14(3-7-19)12-21(17(16)11-15)10-6-13-4-8-20-9-5-13/h1-2,4-5,8-9,11-12H,3,6-7,10,19H2. The zero-order chi connectivity index (χ0) is 14.7. The van der Waals surface area contributed by atoms with E-state index in [4.69, 9.17) is 17.3 Å². The third-order valence-corrected chi connectivity index (χ3v) is 3.97. The van der Waals surface area contributed by atoms with Crippen molar-refractivity contribution in [3.05, 3.63) is 65.1 Å². The van der Waals surface area contributed by atoms with Gasteiger partial charge in [0.2, 0.25) is 0 Å². The largest absolute Gasteiger partial charge is 0.347 e. The van der Waals surface area contributed by atoms with E-state index in [1.54, 1.807) is 0 Å². The zero-order valence-electron chi connectivity index (χ0n) is 11.8. The van der Waals surface area contributed by atoms with Crippen molar-refractivity contribution in [2.45, 2.75) is 19.4 Å². The molecule has 0 saturated heterocycles. The first-order valence-corrected chi connectivity index (χ1v) is 7.52. The first-order chi connectivity index (χ1) is 10.3. The number of fused-ring (bicyclic) bond motifs is 1. The predicted octanol–water partition coefficient (Wildman–Crippen LogP) is 3.43. The Morgan fingerprint density at radius 2 is 1.90 bits per heavy atom. The molecule has 0 bridgehead atoms. The summed E-state index contributed by atoms with van der Waals surface area (Å²) in [5, 5.41) is 2.02. The number of halogens is 1. The Balaban J connectivity index is 1.92. The van der Waals surface area contributed by atoms with Gasteiger partial charge in [-0.25, -0.2) is 0 Å². The summed E-state index contributed by atoms with van der Waals surface area (Å²) in [6, 6.07) is 10.2. The molecule has 0 aliphatic heterocycles. The maximum Gasteiger partial charge on any atom is 0.0498 e. The van der Waals surface area contributed by atoms with E-state index in [9.17, 15) is 0 Å². The van der Waals surface area contributed by atoms with Crippen LogP contribution in [0.25, 0.3) is 10.9 Å². The van der Waals surface area contributed by atoms with Crippen LogP contribution in [0.1, 0.15) is 11.1 Å². The van der Waals surface area contributed by atoms with Crippen LogP contribution in [0.4, 0.5) is 0 Å². The molecule has 2 heterocycles. The summed E-state index contributed by atoms with van der Waals surface area (Å²) >= 11 is 6.15. The maximum atomic E-state index is 6.15. The average Bonchev–Trinajstić information content (AvgIpc) is 2.84. The van der Waals surface area contributed by atoms with Gasteiger partial charge in [-0.15, -0.1) is 0 Å². The number of rotatable bonds is 5. The Hall–Kier alpha value is -1.84. The van der Waals surface area contributed by atoms with Crippen LogP contribution in [0.3, 0.4) is 0 Å². The van der Waals surface area contributed by atoms with Crippen molar-refractivity contribution in [3.8, 4) is 0 Å². The van der Waals surface area contributed by atoms with Gasteiger partial charge in [-0.3, -0.25) is 4.98 Å². The van der Waals surface area contributed by atoms with Crippen LogP contribution in [-0.2, 0) is 19.4 Å². The minimum atomic E-state index is 0.659. The first kappa shape index (κ1) is 14.1. The predicted molar refractivity (Wildman–Crippen MR) is 87.6 cm³/mol. The van der Waals surface area contributed by atoms with Crippen LogP contribution in [0.5, 0.6) is 0 Å². The highest BCUT2D eigenvalue weighted by atomic mass is 35.5. The number of hydrogen-bond donors (Lipinski definition) is 1. The average molecular weight is 300 g/mol. The second kappa shape index (κ2) is 6.29. The lowest BCUT2D eigenvalue weighted by Gasteiger charge is -2.05. The highest BCUT2D eigenvalue weighted by Crippen LogP contribution is 2.25. The van der Waals surface area contributed by atoms with Gasteiger partial charge in [-0.05, 0) is 54.8 Å². The molecule has 0 spiro atoms. The smallest absolute Gasteiger partial charge is 0.0498 e. The van der Waals surface area contributed by atoms with Crippen LogP contribution >= 0.6 is 11.6 Å². The van der Waals surface area contributed by atoms with Crippen LogP contribution in [0.2, 0.25) is 5.02 Å². The number of aromatic nitrogens is 2. The molecule has 0 aliphatic rings. The van der Waals surface area contributed by atoms with Crippen molar-refractivity contribution in [1.82, 2.24) is 9.55 Å². The van der Waals surface area contributed by atoms with Gasteiger partial charge >= 0.3 is 0 Å². The molecule has 3 rings (SSSR count). The lowest BCUT2D eigenvalue weighted by atomic mass is 10.1. The molecule has 0 saturated carbocycles. The number of hydrogen-bond acceptors (Lipinski definition) is 2. The van der Waals surface area contributed by atoms with Gasteiger partial charge in [0.1, 0.15) is 0 Å². The quantitative estimate of drug-likeness (QED) is 0.784. The van der Waals surface area contributed by atoms with Crippen molar-refractivity contribution in [2.24, 2.45) is 5.73 Å². The second-order valence-corrected chi connectivity index (χ2v) is 5.59. The van der Waals surface area contributed by atoms with Gasteiger partial charge in [0.15, 0.2) is 0 Å². The van der Waals surface area contributed by atoms with Crippen molar-refractivity contribution in [2.75, 3.05) is 6.54 Å². The Kier molecular flexibility index (Phi) is 4.23. The van der Waals surface area contributed by atoms with Crippen LogP contribution in [-0.4, -0.2) is 16.1 Å². The summed E-state index contributed by atoms with van der Waals surface area (Å²) in [4.78, 5) is 4.05. The summed E-state index contributed by atoms with van der Waals surface area (Å²) < 4.78 is 2.27. The van der Waals surface area contributed by atoms with Crippen LogP contribution < -0.4 is 5.73 Å². The van der Waals surface area contributed by atoms with Gasteiger partial charge in [0, 0.05) is 41.1 Å². The van der Waals surface area contributed by atoms with E-state index in [0.29, 0.717) is 6.54 Å². The summed E-state index contributed by atoms with van der Waals surface area (Å²) in [6.45, 7) is 1.58. The summed E-state index contributed by atoms with van der Waals surface area (Å²) in [5.74, 6) is 0. The number of aryl methyl sites for hydroxylation is 2. The second-order valence-electron chi connectivity index (χ2n) is 5.15. The molecular weight excluding hydrogens is 282 g/mol. The molecule has 2 N–H and O–H groups in total. The number of nitrogens with two attached hydrogens (primary N) is 1. The van der Waals surface area contributed by atoms with Crippen molar-refractivity contribution in [1.29, 1.82) is 0 Å². The Morgan fingerprint density at radius 3 is 2.67 bits per heavy atom. The molecule has 3 nitrogen and oxygen atoms in total. The molecular formula is C17H18ClN3. The van der Waals surface area contributed by atoms with Gasteiger partial charge in [0.25, 0.3) is 0 Å². The summed E-state index contributed by atoms with van der Waals surface area (Å²) in [5.41, 5.74) is 9.47. The van der Waals surface area contributed by atoms with E-state index >= 15 is 0 Å². The number of nitrogens with zero attached hydrogens (tertiary/aromatic N) is 2. The zero-order valence-corrected chi connectivity index (χ0v) is 12.6. The Labute approximate surface area is 129 Å². The third kappa shape index (κ3) is 3.09. The molecule has 108 valence electrons. The van der Waals surface area contributed by atoms with Gasteiger partial charge in [0.05, 0.1) is 0 Å². The molecule has 0 unspecified atom stereocenters. The van der Waals surface area contributed by atoms with Crippen molar-refractivity contribution < 1.29 is 0 Å². The van der Waals surface area contributed by atoms with E-state index in [1.807, 2.05) is 24.5 Å². The van der Waals surface area contributed by atoms with Crippen LogP contribution in [0, 0.1) is 0 Å². The van der Waals surface area contributed by atoms with E-state index < -0.39 is 0 Å². The van der Waals surface area contributed by atoms with Crippen LogP contribution in [0.15, 0.2) is 48.9 Å². The fourth-order valence-corrected chi connectivity index (χ4v) is 2.85. The summed E-state index contributed by atoms with van der Waals surface area (Å²) in [6.07, 6.45) is 7.73. The molecule has 2 aromatic heterocycles. The molecule has 0 amide bonds. The highest BCUT2D eigenvalue weighted by Gasteiger charge is 2.08. The molecule has 3 aromatic rings. The SMILES string of the molecule is NCCc1cn(CCc2ccncc2)c2cc(Cl)ccc12. The molecule has 4 heteroatoms. The van der Waals surface area contributed by atoms with E-state index in [2.05, 4.69) is 33.9 Å². The minimum Gasteiger partial charge on any atom is -0.347 e. The topological polar surface area (TPSA) is 43.8 Å². The fourth-order valence-electron chi connectivity index (χ4n) is 2.68. The maximum absolute atomic E-state index is 6.15. The lowest BCUT2D eigenvalue weighted by molar-refractivity contribution is 0.718. The molecule has 0 aliphatic carbocycles. The normalized spacial score (nSPS) is 11.1. The Bertz CT molecular complexity index is 734. The third-order valence-electron chi connectivity index (χ3n) is 3.73. The van der Waals surface area contributed by atoms with Gasteiger partial charge in [-0.1, -0.05) is 17.7 Å². The molecule has 1 aromatic carbocycles. The van der Waals surface area contributed by atoms with E-state index in [-0.39, 0.29) is 0 Å². The monoisotopic (exact) mass is 299 g/mol. The van der Waals surface area contributed by atoms with Crippen molar-refractivity contribution >= 4 is 22.5 Å². The first-order valence-electron chi connectivity index (χ1n) is 7.14.